The van der Waals surface area contributed by atoms with Crippen LogP contribution in [0.25, 0.3) is 10.9 Å². The monoisotopic (exact) mass is 376 g/mol. The molecule has 0 spiro atoms. The molecule has 144 valence electrons. The topological polar surface area (TPSA) is 66.5 Å². The van der Waals surface area contributed by atoms with Crippen molar-refractivity contribution >= 4 is 33.9 Å². The summed E-state index contributed by atoms with van der Waals surface area (Å²) < 4.78 is 5.43. The second kappa shape index (κ2) is 8.71. The van der Waals surface area contributed by atoms with Gasteiger partial charge in [0, 0.05) is 37.6 Å². The first kappa shape index (κ1) is 18.3. The number of morpholine rings is 1. The Morgan fingerprint density at radius 3 is 2.68 bits per heavy atom. The Bertz CT molecular complexity index is 949. The van der Waals surface area contributed by atoms with Crippen molar-refractivity contribution in [3.05, 3.63) is 60.8 Å². The maximum absolute atomic E-state index is 12.5. The lowest BCUT2D eigenvalue weighted by molar-refractivity contribution is -0.115. The van der Waals surface area contributed by atoms with Gasteiger partial charge in [0.15, 0.2) is 0 Å². The van der Waals surface area contributed by atoms with Gasteiger partial charge in [0.25, 0.3) is 0 Å². The van der Waals surface area contributed by atoms with E-state index < -0.39 is 0 Å². The summed E-state index contributed by atoms with van der Waals surface area (Å²) >= 11 is 0. The number of benzene rings is 2. The van der Waals surface area contributed by atoms with Crippen LogP contribution in [0.15, 0.2) is 60.8 Å². The molecule has 0 atom stereocenters. The average Bonchev–Trinajstić information content (AvgIpc) is 2.75. The molecule has 2 aromatic carbocycles. The van der Waals surface area contributed by atoms with E-state index in [1.165, 1.54) is 0 Å². The van der Waals surface area contributed by atoms with Crippen molar-refractivity contribution in [3.8, 4) is 0 Å². The van der Waals surface area contributed by atoms with Crippen LogP contribution in [-0.2, 0) is 9.53 Å². The van der Waals surface area contributed by atoms with Gasteiger partial charge in [-0.15, -0.1) is 0 Å². The Morgan fingerprint density at radius 1 is 1.00 bits per heavy atom. The first-order valence-electron chi connectivity index (χ1n) is 9.60. The van der Waals surface area contributed by atoms with Gasteiger partial charge in [-0.05, 0) is 24.3 Å². The van der Waals surface area contributed by atoms with Gasteiger partial charge in [0.2, 0.25) is 5.91 Å². The van der Waals surface area contributed by atoms with E-state index in [1.54, 1.807) is 6.20 Å². The highest BCUT2D eigenvalue weighted by atomic mass is 16.5. The second-order valence-corrected chi connectivity index (χ2v) is 6.72. The van der Waals surface area contributed by atoms with E-state index in [0.717, 1.165) is 41.1 Å². The van der Waals surface area contributed by atoms with Crippen LogP contribution < -0.4 is 15.5 Å². The zero-order chi connectivity index (χ0) is 19.2. The molecule has 0 bridgehead atoms. The van der Waals surface area contributed by atoms with Gasteiger partial charge >= 0.3 is 0 Å². The molecule has 1 fully saturated rings. The molecule has 3 aromatic rings. The molecule has 1 aliphatic rings. The first-order chi connectivity index (χ1) is 13.8. The van der Waals surface area contributed by atoms with E-state index >= 15 is 0 Å². The fraction of sp³-hybridized carbons (Fsp3) is 0.273. The van der Waals surface area contributed by atoms with Crippen molar-refractivity contribution < 1.29 is 9.53 Å². The predicted molar refractivity (Wildman–Crippen MR) is 113 cm³/mol. The summed E-state index contributed by atoms with van der Waals surface area (Å²) in [7, 11) is 0. The quantitative estimate of drug-likeness (QED) is 0.689. The molecule has 28 heavy (non-hydrogen) atoms. The summed E-state index contributed by atoms with van der Waals surface area (Å²) in [5, 5.41) is 7.47. The lowest BCUT2D eigenvalue weighted by atomic mass is 10.2. The molecule has 6 nitrogen and oxygen atoms in total. The molecule has 0 aliphatic carbocycles. The third-order valence-corrected chi connectivity index (χ3v) is 4.83. The number of amides is 1. The highest BCUT2D eigenvalue weighted by molar-refractivity contribution is 5.95. The van der Waals surface area contributed by atoms with Crippen LogP contribution in [0.1, 0.15) is 6.42 Å². The van der Waals surface area contributed by atoms with E-state index in [-0.39, 0.29) is 5.91 Å². The van der Waals surface area contributed by atoms with Gasteiger partial charge in [0.05, 0.1) is 35.8 Å². The van der Waals surface area contributed by atoms with Gasteiger partial charge in [0.1, 0.15) is 0 Å². The Balaban J connectivity index is 1.36. The van der Waals surface area contributed by atoms with Gasteiger partial charge in [-0.25, -0.2) is 0 Å². The number of carbonyl (C=O) groups excluding carboxylic acids is 1. The number of aromatic nitrogens is 1. The number of pyridine rings is 1. The van der Waals surface area contributed by atoms with Crippen LogP contribution >= 0.6 is 0 Å². The third-order valence-electron chi connectivity index (χ3n) is 4.83. The van der Waals surface area contributed by atoms with Crippen LogP contribution in [-0.4, -0.2) is 43.7 Å². The largest absolute Gasteiger partial charge is 0.383 e. The Morgan fingerprint density at radius 2 is 1.79 bits per heavy atom. The molecule has 1 amide bonds. The molecule has 1 saturated heterocycles. The Kier molecular flexibility index (Phi) is 5.68. The van der Waals surface area contributed by atoms with Gasteiger partial charge in [-0.3, -0.25) is 9.78 Å². The van der Waals surface area contributed by atoms with Crippen LogP contribution in [0.2, 0.25) is 0 Å². The van der Waals surface area contributed by atoms with E-state index in [4.69, 9.17) is 4.74 Å². The van der Waals surface area contributed by atoms with Crippen molar-refractivity contribution in [2.75, 3.05) is 48.4 Å². The summed E-state index contributed by atoms with van der Waals surface area (Å²) in [5.74, 6) is -0.0126. The summed E-state index contributed by atoms with van der Waals surface area (Å²) in [6, 6.07) is 17.9. The molecule has 6 heteroatoms. The van der Waals surface area contributed by atoms with Crippen LogP contribution in [0.4, 0.5) is 17.1 Å². The van der Waals surface area contributed by atoms with Crippen LogP contribution in [0.5, 0.6) is 0 Å². The van der Waals surface area contributed by atoms with Crippen molar-refractivity contribution in [1.82, 2.24) is 4.98 Å². The van der Waals surface area contributed by atoms with Gasteiger partial charge in [-0.2, -0.15) is 0 Å². The molecule has 2 N–H and O–H groups in total. The number of fused-ring (bicyclic) bond motifs is 1. The van der Waals surface area contributed by atoms with Gasteiger partial charge in [-0.1, -0.05) is 30.3 Å². The minimum Gasteiger partial charge on any atom is -0.383 e. The Labute approximate surface area is 164 Å². The lowest BCUT2D eigenvalue weighted by Crippen LogP contribution is -2.36. The maximum Gasteiger partial charge on any atom is 0.226 e. The highest BCUT2D eigenvalue weighted by Crippen LogP contribution is 2.26. The normalized spacial score (nSPS) is 14.1. The molecule has 0 unspecified atom stereocenters. The van der Waals surface area contributed by atoms with Crippen molar-refractivity contribution in [1.29, 1.82) is 0 Å². The molecular weight excluding hydrogens is 352 g/mol. The number of nitrogens with one attached hydrogen (secondary N) is 2. The smallest absolute Gasteiger partial charge is 0.226 e. The maximum atomic E-state index is 12.5. The molecule has 1 aromatic heterocycles. The fourth-order valence-corrected chi connectivity index (χ4v) is 3.43. The summed E-state index contributed by atoms with van der Waals surface area (Å²) in [5.41, 5.74) is 3.76. The summed E-state index contributed by atoms with van der Waals surface area (Å²) in [4.78, 5) is 19.2. The van der Waals surface area contributed by atoms with Gasteiger partial charge < -0.3 is 20.3 Å². The minimum atomic E-state index is -0.0126. The first-order valence-corrected chi connectivity index (χ1v) is 9.60. The standard InChI is InChI=1S/C22H24N4O2/c27-21(10-12-23-19-8-3-5-17-6-4-11-24-22(17)19)25-18-7-1-2-9-20(18)26-13-15-28-16-14-26/h1-9,11,23H,10,12-16H2,(H,25,27). The fourth-order valence-electron chi connectivity index (χ4n) is 3.43. The molecule has 2 heterocycles. The number of rotatable bonds is 6. The molecule has 1 aliphatic heterocycles. The van der Waals surface area contributed by atoms with E-state index in [9.17, 15) is 4.79 Å². The molecular formula is C22H24N4O2. The number of para-hydroxylation sites is 3. The van der Waals surface area contributed by atoms with E-state index in [0.29, 0.717) is 26.2 Å². The average molecular weight is 376 g/mol. The van der Waals surface area contributed by atoms with Crippen molar-refractivity contribution in [2.45, 2.75) is 6.42 Å². The summed E-state index contributed by atoms with van der Waals surface area (Å²) in [6.45, 7) is 3.64. The van der Waals surface area contributed by atoms with E-state index in [1.807, 2.05) is 54.6 Å². The predicted octanol–water partition coefficient (Wildman–Crippen LogP) is 3.51. The lowest BCUT2D eigenvalue weighted by Gasteiger charge is -2.30. The van der Waals surface area contributed by atoms with Crippen LogP contribution in [0, 0.1) is 0 Å². The van der Waals surface area contributed by atoms with Crippen molar-refractivity contribution in [3.63, 3.8) is 0 Å². The molecule has 4 rings (SSSR count). The number of hydrogen-bond donors (Lipinski definition) is 2. The molecule has 0 saturated carbocycles. The number of ether oxygens (including phenoxy) is 1. The zero-order valence-corrected chi connectivity index (χ0v) is 15.7. The second-order valence-electron chi connectivity index (χ2n) is 6.72. The third kappa shape index (κ3) is 4.23. The van der Waals surface area contributed by atoms with Crippen molar-refractivity contribution in [2.24, 2.45) is 0 Å². The number of hydrogen-bond acceptors (Lipinski definition) is 5. The molecule has 0 radical (unpaired) electrons. The minimum absolute atomic E-state index is 0.0126. The van der Waals surface area contributed by atoms with Crippen LogP contribution in [0.3, 0.4) is 0 Å². The zero-order valence-electron chi connectivity index (χ0n) is 15.7. The number of anilines is 3. The van der Waals surface area contributed by atoms with E-state index in [2.05, 4.69) is 20.5 Å². The number of carbonyl (C=O) groups is 1. The highest BCUT2D eigenvalue weighted by Gasteiger charge is 2.15. The Hall–Kier alpha value is -3.12. The SMILES string of the molecule is O=C(CCNc1cccc2cccnc12)Nc1ccccc1N1CCOCC1. The number of nitrogens with zero attached hydrogens (tertiary/aromatic N) is 2. The summed E-state index contributed by atoms with van der Waals surface area (Å²) in [6.07, 6.45) is 2.16.